The molecule has 0 N–H and O–H groups in total. The van der Waals surface area contributed by atoms with Gasteiger partial charge in [-0.25, -0.2) is 0 Å². The molecular formula is C17H18N2O2. The zero-order chi connectivity index (χ0) is 14.9. The van der Waals surface area contributed by atoms with Crippen molar-refractivity contribution in [3.63, 3.8) is 0 Å². The van der Waals surface area contributed by atoms with E-state index in [1.807, 2.05) is 47.4 Å². The van der Waals surface area contributed by atoms with Crippen LogP contribution < -0.4 is 9.64 Å². The van der Waals surface area contributed by atoms with Gasteiger partial charge in [-0.2, -0.15) is 0 Å². The lowest BCUT2D eigenvalue weighted by molar-refractivity contribution is -0.117. The number of methoxy groups -OCH3 is 1. The van der Waals surface area contributed by atoms with Gasteiger partial charge in [0.05, 0.1) is 18.3 Å². The van der Waals surface area contributed by atoms with Gasteiger partial charge >= 0.3 is 0 Å². The maximum Gasteiger partial charge on any atom is 0.227 e. The number of amides is 1. The van der Waals surface area contributed by atoms with Crippen LogP contribution in [0, 0.1) is 0 Å². The second-order valence-corrected chi connectivity index (χ2v) is 5.42. The number of benzene rings is 1. The first-order valence-corrected chi connectivity index (χ1v) is 7.04. The molecule has 1 unspecified atom stereocenters. The number of carbonyl (C=O) groups is 1. The quantitative estimate of drug-likeness (QED) is 0.868. The van der Waals surface area contributed by atoms with Gasteiger partial charge in [-0.3, -0.25) is 9.78 Å². The van der Waals surface area contributed by atoms with Gasteiger partial charge in [0.2, 0.25) is 5.91 Å². The SMILES string of the molecule is COc1ccc(N2C(=O)CCC2(C)c2ccccn2)cc1. The van der Waals surface area contributed by atoms with Crippen LogP contribution in [0.1, 0.15) is 25.5 Å². The summed E-state index contributed by atoms with van der Waals surface area (Å²) in [4.78, 5) is 18.7. The first-order chi connectivity index (χ1) is 10.1. The Labute approximate surface area is 124 Å². The molecule has 0 aliphatic carbocycles. The second-order valence-electron chi connectivity index (χ2n) is 5.42. The van der Waals surface area contributed by atoms with Crippen molar-refractivity contribution in [1.82, 2.24) is 4.98 Å². The van der Waals surface area contributed by atoms with Crippen molar-refractivity contribution in [2.45, 2.75) is 25.3 Å². The Morgan fingerprint density at radius 3 is 2.57 bits per heavy atom. The van der Waals surface area contributed by atoms with Crippen molar-refractivity contribution in [3.8, 4) is 5.75 Å². The van der Waals surface area contributed by atoms with E-state index in [2.05, 4.69) is 11.9 Å². The summed E-state index contributed by atoms with van der Waals surface area (Å²) in [6.07, 6.45) is 3.09. The fourth-order valence-corrected chi connectivity index (χ4v) is 2.93. The van der Waals surface area contributed by atoms with E-state index in [-0.39, 0.29) is 5.91 Å². The van der Waals surface area contributed by atoms with Crippen LogP contribution in [-0.4, -0.2) is 18.0 Å². The predicted octanol–water partition coefficient (Wildman–Crippen LogP) is 3.13. The molecule has 3 rings (SSSR count). The van der Waals surface area contributed by atoms with E-state index in [0.717, 1.165) is 23.6 Å². The lowest BCUT2D eigenvalue weighted by atomic mass is 9.93. The van der Waals surface area contributed by atoms with Crippen LogP contribution in [0.4, 0.5) is 5.69 Å². The van der Waals surface area contributed by atoms with Crippen LogP contribution in [0.5, 0.6) is 5.75 Å². The van der Waals surface area contributed by atoms with E-state index in [1.54, 1.807) is 13.3 Å². The molecule has 1 amide bonds. The summed E-state index contributed by atoms with van der Waals surface area (Å²) in [7, 11) is 1.63. The number of carbonyl (C=O) groups excluding carboxylic acids is 1. The Hall–Kier alpha value is -2.36. The second kappa shape index (κ2) is 5.20. The molecule has 1 atom stereocenters. The Bertz CT molecular complexity index is 640. The predicted molar refractivity (Wildman–Crippen MR) is 81.3 cm³/mol. The molecule has 21 heavy (non-hydrogen) atoms. The number of anilines is 1. The number of nitrogens with zero attached hydrogens (tertiary/aromatic N) is 2. The molecule has 4 heteroatoms. The molecule has 0 bridgehead atoms. The number of aromatic nitrogens is 1. The summed E-state index contributed by atoms with van der Waals surface area (Å²) in [5, 5.41) is 0. The van der Waals surface area contributed by atoms with Crippen LogP contribution in [0.3, 0.4) is 0 Å². The molecule has 1 aromatic heterocycles. The highest BCUT2D eigenvalue weighted by molar-refractivity contribution is 5.97. The normalized spacial score (nSPS) is 21.6. The molecule has 1 aliphatic heterocycles. The Balaban J connectivity index is 2.03. The van der Waals surface area contributed by atoms with Gasteiger partial charge < -0.3 is 9.64 Å². The average Bonchev–Trinajstić information content (AvgIpc) is 2.85. The molecule has 0 spiro atoms. The van der Waals surface area contributed by atoms with E-state index in [9.17, 15) is 4.79 Å². The topological polar surface area (TPSA) is 42.4 Å². The van der Waals surface area contributed by atoms with Gasteiger partial charge in [0.25, 0.3) is 0 Å². The maximum absolute atomic E-state index is 12.4. The molecule has 2 heterocycles. The molecule has 1 aliphatic rings. The van der Waals surface area contributed by atoms with Gasteiger partial charge in [0.15, 0.2) is 0 Å². The van der Waals surface area contributed by atoms with Crippen molar-refractivity contribution in [2.75, 3.05) is 12.0 Å². The van der Waals surface area contributed by atoms with Gasteiger partial charge in [-0.05, 0) is 49.7 Å². The average molecular weight is 282 g/mol. The Morgan fingerprint density at radius 2 is 1.95 bits per heavy atom. The van der Waals surface area contributed by atoms with Crippen LogP contribution in [-0.2, 0) is 10.3 Å². The summed E-state index contributed by atoms with van der Waals surface area (Å²) < 4.78 is 5.18. The maximum atomic E-state index is 12.4. The largest absolute Gasteiger partial charge is 0.497 e. The zero-order valence-corrected chi connectivity index (χ0v) is 12.2. The van der Waals surface area contributed by atoms with Gasteiger partial charge in [-0.15, -0.1) is 0 Å². The monoisotopic (exact) mass is 282 g/mol. The van der Waals surface area contributed by atoms with E-state index in [0.29, 0.717) is 6.42 Å². The molecule has 1 fully saturated rings. The van der Waals surface area contributed by atoms with Crippen LogP contribution in [0.15, 0.2) is 48.7 Å². The third-order valence-corrected chi connectivity index (χ3v) is 4.12. The standard InChI is InChI=1S/C17H18N2O2/c1-17(15-5-3-4-12-18-15)11-10-16(20)19(17)13-6-8-14(21-2)9-7-13/h3-9,12H,10-11H2,1-2H3. The smallest absolute Gasteiger partial charge is 0.227 e. The van der Waals surface area contributed by atoms with E-state index < -0.39 is 5.54 Å². The van der Waals surface area contributed by atoms with Crippen molar-refractivity contribution >= 4 is 11.6 Å². The summed E-state index contributed by atoms with van der Waals surface area (Å²) in [5.41, 5.74) is 1.41. The molecule has 1 aromatic carbocycles. The van der Waals surface area contributed by atoms with E-state index in [4.69, 9.17) is 4.74 Å². The first kappa shape index (κ1) is 13.6. The molecule has 0 radical (unpaired) electrons. The van der Waals surface area contributed by atoms with Crippen molar-refractivity contribution < 1.29 is 9.53 Å². The van der Waals surface area contributed by atoms with Crippen molar-refractivity contribution in [2.24, 2.45) is 0 Å². The lowest BCUT2D eigenvalue weighted by Gasteiger charge is -2.35. The first-order valence-electron chi connectivity index (χ1n) is 7.04. The minimum atomic E-state index is -0.396. The van der Waals surface area contributed by atoms with Gasteiger partial charge in [0.1, 0.15) is 5.75 Å². The van der Waals surface area contributed by atoms with Crippen molar-refractivity contribution in [1.29, 1.82) is 0 Å². The summed E-state index contributed by atoms with van der Waals surface area (Å²) in [6.45, 7) is 2.07. The van der Waals surface area contributed by atoms with Crippen LogP contribution in [0.25, 0.3) is 0 Å². The summed E-state index contributed by atoms with van der Waals surface area (Å²) >= 11 is 0. The summed E-state index contributed by atoms with van der Waals surface area (Å²) in [5.74, 6) is 0.915. The van der Waals surface area contributed by atoms with Gasteiger partial charge in [-0.1, -0.05) is 6.07 Å². The number of rotatable bonds is 3. The molecule has 2 aromatic rings. The number of hydrogen-bond acceptors (Lipinski definition) is 3. The lowest BCUT2D eigenvalue weighted by Crippen LogP contribution is -2.41. The highest BCUT2D eigenvalue weighted by atomic mass is 16.5. The Morgan fingerprint density at radius 1 is 1.19 bits per heavy atom. The number of ether oxygens (including phenoxy) is 1. The fraction of sp³-hybridized carbons (Fsp3) is 0.294. The van der Waals surface area contributed by atoms with Crippen LogP contribution in [0.2, 0.25) is 0 Å². The van der Waals surface area contributed by atoms with Crippen molar-refractivity contribution in [3.05, 3.63) is 54.4 Å². The third kappa shape index (κ3) is 2.27. The minimum Gasteiger partial charge on any atom is -0.497 e. The molecule has 0 saturated carbocycles. The fourth-order valence-electron chi connectivity index (χ4n) is 2.93. The molecule has 1 saturated heterocycles. The third-order valence-electron chi connectivity index (χ3n) is 4.12. The molecular weight excluding hydrogens is 264 g/mol. The van der Waals surface area contributed by atoms with E-state index in [1.165, 1.54) is 0 Å². The zero-order valence-electron chi connectivity index (χ0n) is 12.2. The number of pyridine rings is 1. The highest BCUT2D eigenvalue weighted by Crippen LogP contribution is 2.41. The van der Waals surface area contributed by atoms with E-state index >= 15 is 0 Å². The minimum absolute atomic E-state index is 0.133. The number of hydrogen-bond donors (Lipinski definition) is 0. The highest BCUT2D eigenvalue weighted by Gasteiger charge is 2.44. The summed E-state index contributed by atoms with van der Waals surface area (Å²) in [6, 6.07) is 13.4. The van der Waals surface area contributed by atoms with Gasteiger partial charge in [0, 0.05) is 18.3 Å². The van der Waals surface area contributed by atoms with Crippen LogP contribution >= 0.6 is 0 Å². The molecule has 4 nitrogen and oxygen atoms in total. The Kier molecular flexibility index (Phi) is 3.37. The molecule has 108 valence electrons.